The maximum atomic E-state index is 12.8. The fraction of sp³-hybridized carbons (Fsp3) is 0.235. The molecule has 0 aliphatic rings. The molecule has 22 heavy (non-hydrogen) atoms. The minimum absolute atomic E-state index is 0.104. The molecule has 0 unspecified atom stereocenters. The predicted octanol–water partition coefficient (Wildman–Crippen LogP) is 2.61. The number of carbonyl (C=O) groups is 1. The molecule has 0 aromatic heterocycles. The summed E-state index contributed by atoms with van der Waals surface area (Å²) < 4.78 is 18.0. The molecule has 0 aliphatic heterocycles. The Morgan fingerprint density at radius 2 is 1.86 bits per heavy atom. The molecular weight excluding hydrogens is 283 g/mol. The third kappa shape index (κ3) is 4.77. The van der Waals surface area contributed by atoms with E-state index in [4.69, 9.17) is 4.74 Å². The third-order valence-electron chi connectivity index (χ3n) is 3.20. The van der Waals surface area contributed by atoms with E-state index in [-0.39, 0.29) is 18.3 Å². The highest BCUT2D eigenvalue weighted by Crippen LogP contribution is 2.22. The lowest BCUT2D eigenvalue weighted by Crippen LogP contribution is -2.31. The fourth-order valence-electron chi connectivity index (χ4n) is 2.03. The first-order valence-corrected chi connectivity index (χ1v) is 7.07. The van der Waals surface area contributed by atoms with Gasteiger partial charge in [-0.25, -0.2) is 4.39 Å². The molecule has 0 saturated heterocycles. The highest BCUT2D eigenvalue weighted by atomic mass is 19.1. The molecule has 1 amide bonds. The number of halogens is 1. The monoisotopic (exact) mass is 302 g/mol. The van der Waals surface area contributed by atoms with Crippen LogP contribution in [0.1, 0.15) is 5.56 Å². The van der Waals surface area contributed by atoms with Crippen LogP contribution in [0.5, 0.6) is 5.75 Å². The van der Waals surface area contributed by atoms with Crippen LogP contribution >= 0.6 is 0 Å². The first kappa shape index (κ1) is 15.8. The molecule has 0 bridgehead atoms. The maximum Gasteiger partial charge on any atom is 0.239 e. The van der Waals surface area contributed by atoms with E-state index < -0.39 is 0 Å². The van der Waals surface area contributed by atoms with Crippen LogP contribution in [0, 0.1) is 5.82 Å². The Morgan fingerprint density at radius 1 is 1.14 bits per heavy atom. The molecule has 5 heteroatoms. The molecule has 116 valence electrons. The number of nitrogens with one attached hydrogen (secondary N) is 2. The van der Waals surface area contributed by atoms with Gasteiger partial charge in [0.05, 0.1) is 19.3 Å². The number of methoxy groups -OCH3 is 1. The molecule has 0 saturated carbocycles. The van der Waals surface area contributed by atoms with Crippen molar-refractivity contribution in [2.75, 3.05) is 25.5 Å². The average molecular weight is 302 g/mol. The smallest absolute Gasteiger partial charge is 0.239 e. The summed E-state index contributed by atoms with van der Waals surface area (Å²) in [5.41, 5.74) is 1.76. The van der Waals surface area contributed by atoms with Crippen LogP contribution in [-0.2, 0) is 11.2 Å². The predicted molar refractivity (Wildman–Crippen MR) is 84.6 cm³/mol. The van der Waals surface area contributed by atoms with Crippen LogP contribution in [0.25, 0.3) is 0 Å². The summed E-state index contributed by atoms with van der Waals surface area (Å²) in [5.74, 6) is 0.337. The van der Waals surface area contributed by atoms with E-state index in [9.17, 15) is 9.18 Å². The summed E-state index contributed by atoms with van der Waals surface area (Å²) >= 11 is 0. The van der Waals surface area contributed by atoms with E-state index in [0.717, 1.165) is 11.3 Å². The standard InChI is InChI=1S/C17H19FN2O2/c1-22-16-5-3-2-4-15(16)20-12-17(21)19-11-10-13-6-8-14(18)9-7-13/h2-9,20H,10-12H2,1H3,(H,19,21). The first-order chi connectivity index (χ1) is 10.7. The van der Waals surface area contributed by atoms with Gasteiger partial charge in [-0.3, -0.25) is 4.79 Å². The Balaban J connectivity index is 1.73. The van der Waals surface area contributed by atoms with Crippen LogP contribution in [0.3, 0.4) is 0 Å². The molecule has 2 aromatic carbocycles. The van der Waals surface area contributed by atoms with Crippen molar-refractivity contribution in [3.63, 3.8) is 0 Å². The second-order valence-corrected chi connectivity index (χ2v) is 4.78. The normalized spacial score (nSPS) is 10.1. The maximum absolute atomic E-state index is 12.8. The van der Waals surface area contributed by atoms with Crippen molar-refractivity contribution in [2.24, 2.45) is 0 Å². The van der Waals surface area contributed by atoms with Gasteiger partial charge in [-0.2, -0.15) is 0 Å². The lowest BCUT2D eigenvalue weighted by Gasteiger charge is -2.11. The molecule has 2 rings (SSSR count). The van der Waals surface area contributed by atoms with Crippen molar-refractivity contribution >= 4 is 11.6 Å². The van der Waals surface area contributed by atoms with Gasteiger partial charge in [0.25, 0.3) is 0 Å². The van der Waals surface area contributed by atoms with Crippen LogP contribution in [0.4, 0.5) is 10.1 Å². The van der Waals surface area contributed by atoms with Gasteiger partial charge in [-0.05, 0) is 36.2 Å². The quantitative estimate of drug-likeness (QED) is 0.826. The van der Waals surface area contributed by atoms with Gasteiger partial charge in [0, 0.05) is 6.54 Å². The van der Waals surface area contributed by atoms with Crippen molar-refractivity contribution in [1.82, 2.24) is 5.32 Å². The van der Waals surface area contributed by atoms with Crippen LogP contribution in [0.15, 0.2) is 48.5 Å². The molecular formula is C17H19FN2O2. The third-order valence-corrected chi connectivity index (χ3v) is 3.20. The van der Waals surface area contributed by atoms with Gasteiger partial charge in [0.15, 0.2) is 0 Å². The van der Waals surface area contributed by atoms with Crippen molar-refractivity contribution < 1.29 is 13.9 Å². The zero-order valence-electron chi connectivity index (χ0n) is 12.4. The molecule has 0 spiro atoms. The highest BCUT2D eigenvalue weighted by Gasteiger charge is 2.04. The molecule has 0 aliphatic carbocycles. The van der Waals surface area contributed by atoms with E-state index in [1.54, 1.807) is 19.2 Å². The second-order valence-electron chi connectivity index (χ2n) is 4.78. The van der Waals surface area contributed by atoms with Crippen molar-refractivity contribution in [3.05, 3.63) is 59.9 Å². The Morgan fingerprint density at radius 3 is 2.59 bits per heavy atom. The van der Waals surface area contributed by atoms with E-state index in [1.165, 1.54) is 12.1 Å². The average Bonchev–Trinajstić information content (AvgIpc) is 2.55. The molecule has 2 aromatic rings. The van der Waals surface area contributed by atoms with E-state index in [0.29, 0.717) is 18.7 Å². The van der Waals surface area contributed by atoms with Crippen LogP contribution in [-0.4, -0.2) is 26.1 Å². The molecule has 0 fully saturated rings. The number of benzene rings is 2. The zero-order valence-corrected chi connectivity index (χ0v) is 12.4. The number of para-hydroxylation sites is 2. The largest absolute Gasteiger partial charge is 0.495 e. The fourth-order valence-corrected chi connectivity index (χ4v) is 2.03. The minimum atomic E-state index is -0.256. The number of anilines is 1. The van der Waals surface area contributed by atoms with Gasteiger partial charge in [0.1, 0.15) is 11.6 Å². The highest BCUT2D eigenvalue weighted by molar-refractivity contribution is 5.81. The van der Waals surface area contributed by atoms with E-state index >= 15 is 0 Å². The van der Waals surface area contributed by atoms with Crippen molar-refractivity contribution in [3.8, 4) is 5.75 Å². The summed E-state index contributed by atoms with van der Waals surface area (Å²) in [6.45, 7) is 0.682. The Kier molecular flexibility index (Phi) is 5.77. The van der Waals surface area contributed by atoms with Gasteiger partial charge in [0.2, 0.25) is 5.91 Å². The van der Waals surface area contributed by atoms with Gasteiger partial charge < -0.3 is 15.4 Å². The number of ether oxygens (including phenoxy) is 1. The summed E-state index contributed by atoms with van der Waals surface area (Å²) in [6, 6.07) is 13.7. The summed E-state index contributed by atoms with van der Waals surface area (Å²) in [5, 5.41) is 5.85. The Labute approximate surface area is 129 Å². The summed E-state index contributed by atoms with van der Waals surface area (Å²) in [7, 11) is 1.59. The number of carbonyl (C=O) groups excluding carboxylic acids is 1. The van der Waals surface area contributed by atoms with Gasteiger partial charge in [-0.15, -0.1) is 0 Å². The van der Waals surface area contributed by atoms with Crippen LogP contribution < -0.4 is 15.4 Å². The minimum Gasteiger partial charge on any atom is -0.495 e. The molecule has 2 N–H and O–H groups in total. The van der Waals surface area contributed by atoms with E-state index in [1.807, 2.05) is 24.3 Å². The zero-order chi connectivity index (χ0) is 15.8. The van der Waals surface area contributed by atoms with Crippen LogP contribution in [0.2, 0.25) is 0 Å². The second kappa shape index (κ2) is 8.02. The van der Waals surface area contributed by atoms with Crippen molar-refractivity contribution in [2.45, 2.75) is 6.42 Å². The SMILES string of the molecule is COc1ccccc1NCC(=O)NCCc1ccc(F)cc1. The molecule has 0 atom stereocenters. The molecule has 4 nitrogen and oxygen atoms in total. The molecule has 0 heterocycles. The number of hydrogen-bond donors (Lipinski definition) is 2. The van der Waals surface area contributed by atoms with Crippen molar-refractivity contribution in [1.29, 1.82) is 0 Å². The lowest BCUT2D eigenvalue weighted by molar-refractivity contribution is -0.119. The van der Waals surface area contributed by atoms with Gasteiger partial charge in [-0.1, -0.05) is 24.3 Å². The Bertz CT molecular complexity index is 614. The van der Waals surface area contributed by atoms with Gasteiger partial charge >= 0.3 is 0 Å². The van der Waals surface area contributed by atoms with E-state index in [2.05, 4.69) is 10.6 Å². The Hall–Kier alpha value is -2.56. The summed E-state index contributed by atoms with van der Waals surface area (Å²) in [6.07, 6.45) is 0.667. The lowest BCUT2D eigenvalue weighted by atomic mass is 10.1. The number of amides is 1. The topological polar surface area (TPSA) is 50.4 Å². The number of rotatable bonds is 7. The molecule has 0 radical (unpaired) electrons. The first-order valence-electron chi connectivity index (χ1n) is 7.07. The summed E-state index contributed by atoms with van der Waals surface area (Å²) in [4.78, 5) is 11.8. The number of hydrogen-bond acceptors (Lipinski definition) is 3.